The van der Waals surface area contributed by atoms with Crippen LogP contribution < -0.4 is 14.2 Å². The minimum Gasteiger partial charge on any atom is -0.497 e. The average molecular weight is 304 g/mol. The fraction of sp³-hybridized carbons (Fsp3) is 0.294. The number of methoxy groups -OCH3 is 2. The maximum atomic E-state index is 10.4. The van der Waals surface area contributed by atoms with Crippen LogP contribution in [0.5, 0.6) is 17.2 Å². The summed E-state index contributed by atoms with van der Waals surface area (Å²) in [6, 6.07) is 14.1. The predicted octanol–water partition coefficient (Wildman–Crippen LogP) is 2.18. The van der Waals surface area contributed by atoms with Gasteiger partial charge in [-0.1, -0.05) is 24.3 Å². The maximum absolute atomic E-state index is 10.4. The van der Waals surface area contributed by atoms with Crippen molar-refractivity contribution < 1.29 is 24.4 Å². The topological polar surface area (TPSA) is 68.2 Å². The van der Waals surface area contributed by atoms with Crippen molar-refractivity contribution in [2.75, 3.05) is 20.8 Å². The van der Waals surface area contributed by atoms with Gasteiger partial charge in [-0.2, -0.15) is 0 Å². The third kappa shape index (κ3) is 3.69. The lowest BCUT2D eigenvalue weighted by atomic mass is 10.0. The number of benzene rings is 2. The van der Waals surface area contributed by atoms with Crippen molar-refractivity contribution in [3.8, 4) is 17.2 Å². The monoisotopic (exact) mass is 304 g/mol. The molecule has 0 saturated heterocycles. The van der Waals surface area contributed by atoms with E-state index < -0.39 is 12.2 Å². The third-order valence-electron chi connectivity index (χ3n) is 3.34. The Hall–Kier alpha value is -2.24. The van der Waals surface area contributed by atoms with Crippen molar-refractivity contribution in [1.29, 1.82) is 0 Å². The van der Waals surface area contributed by atoms with Crippen LogP contribution in [0.3, 0.4) is 0 Å². The Kier molecular flexibility index (Phi) is 5.63. The molecule has 0 saturated carbocycles. The first kappa shape index (κ1) is 16.1. The first-order valence-electron chi connectivity index (χ1n) is 6.92. The van der Waals surface area contributed by atoms with Gasteiger partial charge >= 0.3 is 0 Å². The Morgan fingerprint density at radius 2 is 1.55 bits per heavy atom. The van der Waals surface area contributed by atoms with Crippen LogP contribution in [0.25, 0.3) is 0 Å². The molecule has 0 heterocycles. The summed E-state index contributed by atoms with van der Waals surface area (Å²) in [5, 5.41) is 19.9. The summed E-state index contributed by atoms with van der Waals surface area (Å²) in [5.74, 6) is 1.71. The summed E-state index contributed by atoms with van der Waals surface area (Å²) >= 11 is 0. The van der Waals surface area contributed by atoms with Gasteiger partial charge < -0.3 is 24.4 Å². The highest BCUT2D eigenvalue weighted by molar-refractivity contribution is 5.39. The van der Waals surface area contributed by atoms with Gasteiger partial charge in [0.25, 0.3) is 0 Å². The zero-order valence-electron chi connectivity index (χ0n) is 12.6. The molecule has 118 valence electrons. The lowest BCUT2D eigenvalue weighted by Gasteiger charge is -2.23. The van der Waals surface area contributed by atoms with E-state index in [9.17, 15) is 10.2 Å². The molecular formula is C17H20O5. The molecule has 0 spiro atoms. The first-order valence-corrected chi connectivity index (χ1v) is 6.92. The molecule has 0 aliphatic heterocycles. The van der Waals surface area contributed by atoms with Crippen molar-refractivity contribution in [2.24, 2.45) is 0 Å². The quantitative estimate of drug-likeness (QED) is 0.820. The number of aliphatic hydroxyl groups excluding tert-OH is 2. The molecule has 5 heteroatoms. The van der Waals surface area contributed by atoms with E-state index in [4.69, 9.17) is 14.2 Å². The molecule has 0 aliphatic rings. The van der Waals surface area contributed by atoms with Gasteiger partial charge in [0.2, 0.25) is 0 Å². The van der Waals surface area contributed by atoms with E-state index in [1.54, 1.807) is 49.6 Å². The van der Waals surface area contributed by atoms with E-state index in [0.29, 0.717) is 22.8 Å². The van der Waals surface area contributed by atoms with E-state index in [0.717, 1.165) is 0 Å². The van der Waals surface area contributed by atoms with Gasteiger partial charge in [-0.05, 0) is 29.8 Å². The molecule has 2 N–H and O–H groups in total. The molecule has 0 aromatic heterocycles. The summed E-state index contributed by atoms with van der Waals surface area (Å²) < 4.78 is 16.0. The standard InChI is InChI=1S/C17H20O5/c1-20-13-9-7-12(8-10-13)17(19)16(11-18)22-15-6-4-3-5-14(15)21-2/h3-10,16-19H,11H2,1-2H3. The molecule has 2 unspecified atom stereocenters. The molecule has 22 heavy (non-hydrogen) atoms. The molecule has 5 nitrogen and oxygen atoms in total. The van der Waals surface area contributed by atoms with Gasteiger partial charge in [-0.3, -0.25) is 0 Å². The lowest BCUT2D eigenvalue weighted by Crippen LogP contribution is -2.29. The van der Waals surface area contributed by atoms with Crippen LogP contribution in [0.2, 0.25) is 0 Å². The van der Waals surface area contributed by atoms with E-state index in [-0.39, 0.29) is 6.61 Å². The molecule has 2 atom stereocenters. The Morgan fingerprint density at radius 3 is 2.09 bits per heavy atom. The van der Waals surface area contributed by atoms with Gasteiger partial charge in [-0.15, -0.1) is 0 Å². The van der Waals surface area contributed by atoms with Crippen LogP contribution in [-0.4, -0.2) is 37.1 Å². The largest absolute Gasteiger partial charge is 0.497 e. The first-order chi connectivity index (χ1) is 10.7. The van der Waals surface area contributed by atoms with E-state index in [2.05, 4.69) is 0 Å². The van der Waals surface area contributed by atoms with Crippen LogP contribution in [-0.2, 0) is 0 Å². The number of rotatable bonds is 7. The van der Waals surface area contributed by atoms with E-state index >= 15 is 0 Å². The molecule has 0 fully saturated rings. The summed E-state index contributed by atoms with van der Waals surface area (Å²) in [7, 11) is 3.11. The maximum Gasteiger partial charge on any atom is 0.161 e. The summed E-state index contributed by atoms with van der Waals surface area (Å²) in [4.78, 5) is 0. The molecule has 2 aromatic carbocycles. The molecule has 0 radical (unpaired) electrons. The van der Waals surface area contributed by atoms with Crippen molar-refractivity contribution >= 4 is 0 Å². The predicted molar refractivity (Wildman–Crippen MR) is 82.4 cm³/mol. The van der Waals surface area contributed by atoms with Gasteiger partial charge in [0.15, 0.2) is 17.6 Å². The number of hydrogen-bond donors (Lipinski definition) is 2. The van der Waals surface area contributed by atoms with Crippen LogP contribution >= 0.6 is 0 Å². The average Bonchev–Trinajstić information content (AvgIpc) is 2.59. The van der Waals surface area contributed by atoms with Crippen molar-refractivity contribution in [2.45, 2.75) is 12.2 Å². The highest BCUT2D eigenvalue weighted by Gasteiger charge is 2.23. The molecule has 0 bridgehead atoms. The number of para-hydroxylation sites is 2. The second-order valence-electron chi connectivity index (χ2n) is 4.71. The van der Waals surface area contributed by atoms with Crippen molar-refractivity contribution in [3.05, 3.63) is 54.1 Å². The van der Waals surface area contributed by atoms with Crippen LogP contribution in [0, 0.1) is 0 Å². The van der Waals surface area contributed by atoms with E-state index in [1.807, 2.05) is 6.07 Å². The second-order valence-corrected chi connectivity index (χ2v) is 4.71. The summed E-state index contributed by atoms with van der Waals surface area (Å²) in [6.07, 6.45) is -1.77. The van der Waals surface area contributed by atoms with Gasteiger partial charge in [0.05, 0.1) is 20.8 Å². The highest BCUT2D eigenvalue weighted by atomic mass is 16.5. The van der Waals surface area contributed by atoms with Crippen molar-refractivity contribution in [1.82, 2.24) is 0 Å². The number of ether oxygens (including phenoxy) is 3. The second kappa shape index (κ2) is 7.68. The minimum atomic E-state index is -0.971. The summed E-state index contributed by atoms with van der Waals surface area (Å²) in [6.45, 7) is -0.328. The van der Waals surface area contributed by atoms with Crippen LogP contribution in [0.1, 0.15) is 11.7 Å². The van der Waals surface area contributed by atoms with Crippen LogP contribution in [0.15, 0.2) is 48.5 Å². The van der Waals surface area contributed by atoms with Gasteiger partial charge in [0, 0.05) is 0 Å². The third-order valence-corrected chi connectivity index (χ3v) is 3.34. The Morgan fingerprint density at radius 1 is 0.909 bits per heavy atom. The molecule has 0 amide bonds. The normalized spacial score (nSPS) is 13.3. The van der Waals surface area contributed by atoms with Gasteiger partial charge in [0.1, 0.15) is 11.9 Å². The number of hydrogen-bond acceptors (Lipinski definition) is 5. The Bertz CT molecular complexity index is 582. The Labute approximate surface area is 129 Å². The SMILES string of the molecule is COc1ccc(C(O)C(CO)Oc2ccccc2OC)cc1. The van der Waals surface area contributed by atoms with Crippen LogP contribution in [0.4, 0.5) is 0 Å². The molecule has 2 rings (SSSR count). The molecule has 0 aliphatic carbocycles. The smallest absolute Gasteiger partial charge is 0.161 e. The minimum absolute atomic E-state index is 0.328. The number of aliphatic hydroxyl groups is 2. The zero-order chi connectivity index (χ0) is 15.9. The Balaban J connectivity index is 2.15. The van der Waals surface area contributed by atoms with Gasteiger partial charge in [-0.25, -0.2) is 0 Å². The molecular weight excluding hydrogens is 284 g/mol. The highest BCUT2D eigenvalue weighted by Crippen LogP contribution is 2.30. The van der Waals surface area contributed by atoms with E-state index in [1.165, 1.54) is 7.11 Å². The lowest BCUT2D eigenvalue weighted by molar-refractivity contribution is -0.000422. The fourth-order valence-electron chi connectivity index (χ4n) is 2.10. The molecule has 2 aromatic rings. The zero-order valence-corrected chi connectivity index (χ0v) is 12.6. The summed E-state index contributed by atoms with van der Waals surface area (Å²) in [5.41, 5.74) is 0.634. The fourth-order valence-corrected chi connectivity index (χ4v) is 2.10. The van der Waals surface area contributed by atoms with Crippen molar-refractivity contribution in [3.63, 3.8) is 0 Å².